The van der Waals surface area contributed by atoms with Crippen LogP contribution in [0.1, 0.15) is 43.0 Å². The van der Waals surface area contributed by atoms with E-state index < -0.39 is 0 Å². The fraction of sp³-hybridized carbons (Fsp3) is 0.750. The van der Waals surface area contributed by atoms with Gasteiger partial charge in [0, 0.05) is 12.8 Å². The summed E-state index contributed by atoms with van der Waals surface area (Å²) in [4.78, 5) is 4.66. The predicted octanol–water partition coefficient (Wildman–Crippen LogP) is 2.28. The summed E-state index contributed by atoms with van der Waals surface area (Å²) in [5, 5.41) is 0. The maximum atomic E-state index is 5.22. The summed E-state index contributed by atoms with van der Waals surface area (Å²) in [6.45, 7) is 5.07. The van der Waals surface area contributed by atoms with Crippen molar-refractivity contribution in [3.05, 3.63) is 17.2 Å². The van der Waals surface area contributed by atoms with Crippen molar-refractivity contribution in [1.29, 1.82) is 0 Å². The molecule has 0 aromatic carbocycles. The van der Waals surface area contributed by atoms with E-state index in [1.807, 2.05) is 0 Å². The van der Waals surface area contributed by atoms with Crippen LogP contribution < -0.4 is 0 Å². The molecule has 2 rings (SSSR count). The lowest BCUT2D eigenvalue weighted by Gasteiger charge is -2.20. The minimum absolute atomic E-state index is 0.407. The first-order valence-electron chi connectivity index (χ1n) is 5.79. The number of nitrogens with zero attached hydrogens (tertiary/aromatic N) is 2. The summed E-state index contributed by atoms with van der Waals surface area (Å²) >= 11 is 0. The Kier molecular flexibility index (Phi) is 3.10. The van der Waals surface area contributed by atoms with E-state index >= 15 is 0 Å². The number of hydrogen-bond donors (Lipinski definition) is 0. The molecule has 3 nitrogen and oxygen atoms in total. The second-order valence-electron chi connectivity index (χ2n) is 4.43. The van der Waals surface area contributed by atoms with Crippen LogP contribution in [0.4, 0.5) is 0 Å². The Hall–Kier alpha value is -0.830. The Labute approximate surface area is 91.5 Å². The lowest BCUT2D eigenvalue weighted by Crippen LogP contribution is -2.17. The molecular weight excluding hydrogens is 188 g/mol. The minimum atomic E-state index is 0.407. The van der Waals surface area contributed by atoms with Crippen LogP contribution in [0.15, 0.2) is 0 Å². The lowest BCUT2D eigenvalue weighted by atomic mass is 10.0. The highest BCUT2D eigenvalue weighted by molar-refractivity contribution is 5.20. The zero-order chi connectivity index (χ0) is 10.8. The molecule has 0 aliphatic heterocycles. The Morgan fingerprint density at radius 2 is 2.13 bits per heavy atom. The highest BCUT2D eigenvalue weighted by atomic mass is 16.5. The van der Waals surface area contributed by atoms with Gasteiger partial charge in [-0.3, -0.25) is 0 Å². The van der Waals surface area contributed by atoms with Crippen LogP contribution >= 0.6 is 0 Å². The summed E-state index contributed by atoms with van der Waals surface area (Å²) in [5.74, 6) is 1.14. The molecule has 0 saturated carbocycles. The molecular formula is C12H20N2O. The molecule has 1 aromatic heterocycles. The van der Waals surface area contributed by atoms with Gasteiger partial charge in [-0.25, -0.2) is 4.98 Å². The topological polar surface area (TPSA) is 27.1 Å². The van der Waals surface area contributed by atoms with E-state index in [0.29, 0.717) is 6.04 Å². The standard InChI is InChI=1S/C12H20N2O/c1-9(8-15-3)14-10(2)13-11-6-4-5-7-12(11)14/h9H,4-8H2,1-3H3. The first kappa shape index (κ1) is 10.7. The molecule has 0 saturated heterocycles. The van der Waals surface area contributed by atoms with Crippen molar-refractivity contribution in [2.75, 3.05) is 13.7 Å². The molecule has 0 fully saturated rings. The van der Waals surface area contributed by atoms with E-state index in [0.717, 1.165) is 18.9 Å². The maximum Gasteiger partial charge on any atom is 0.106 e. The molecule has 0 bridgehead atoms. The maximum absolute atomic E-state index is 5.22. The Morgan fingerprint density at radius 1 is 1.40 bits per heavy atom. The number of methoxy groups -OCH3 is 1. The molecule has 1 aliphatic carbocycles. The van der Waals surface area contributed by atoms with Crippen molar-refractivity contribution >= 4 is 0 Å². The second kappa shape index (κ2) is 4.35. The quantitative estimate of drug-likeness (QED) is 0.762. The van der Waals surface area contributed by atoms with E-state index in [1.54, 1.807) is 7.11 Å². The zero-order valence-electron chi connectivity index (χ0n) is 9.92. The van der Waals surface area contributed by atoms with Crippen molar-refractivity contribution in [1.82, 2.24) is 9.55 Å². The normalized spacial score (nSPS) is 17.5. The van der Waals surface area contributed by atoms with Crippen molar-refractivity contribution < 1.29 is 4.74 Å². The highest BCUT2D eigenvalue weighted by Crippen LogP contribution is 2.25. The molecule has 15 heavy (non-hydrogen) atoms. The fourth-order valence-corrected chi connectivity index (χ4v) is 2.60. The van der Waals surface area contributed by atoms with Gasteiger partial charge >= 0.3 is 0 Å². The summed E-state index contributed by atoms with van der Waals surface area (Å²) in [5.41, 5.74) is 2.77. The van der Waals surface area contributed by atoms with Gasteiger partial charge in [0.25, 0.3) is 0 Å². The van der Waals surface area contributed by atoms with Crippen molar-refractivity contribution in [3.8, 4) is 0 Å². The van der Waals surface area contributed by atoms with E-state index in [4.69, 9.17) is 4.74 Å². The first-order chi connectivity index (χ1) is 7.24. The minimum Gasteiger partial charge on any atom is -0.383 e. The monoisotopic (exact) mass is 208 g/mol. The van der Waals surface area contributed by atoms with Gasteiger partial charge in [0.1, 0.15) is 5.82 Å². The van der Waals surface area contributed by atoms with Gasteiger partial charge in [0.2, 0.25) is 0 Å². The molecule has 0 radical (unpaired) electrons. The molecule has 0 spiro atoms. The van der Waals surface area contributed by atoms with Gasteiger partial charge in [-0.15, -0.1) is 0 Å². The van der Waals surface area contributed by atoms with Gasteiger partial charge in [0.15, 0.2) is 0 Å². The van der Waals surface area contributed by atoms with Crippen molar-refractivity contribution in [2.45, 2.75) is 45.6 Å². The van der Waals surface area contributed by atoms with Gasteiger partial charge in [-0.05, 0) is 39.5 Å². The Balaban J connectivity index is 2.32. The molecule has 84 valence electrons. The SMILES string of the molecule is COCC(C)n1c(C)nc2c1CCCC2. The van der Waals surface area contributed by atoms with Gasteiger partial charge < -0.3 is 9.30 Å². The Bertz CT molecular complexity index is 344. The molecule has 3 heteroatoms. The third-order valence-electron chi connectivity index (χ3n) is 3.20. The molecule has 0 N–H and O–H groups in total. The third-order valence-corrected chi connectivity index (χ3v) is 3.20. The average molecular weight is 208 g/mol. The van der Waals surface area contributed by atoms with Crippen LogP contribution in [0.5, 0.6) is 0 Å². The number of aromatic nitrogens is 2. The number of fused-ring (bicyclic) bond motifs is 1. The molecule has 1 atom stereocenters. The summed E-state index contributed by atoms with van der Waals surface area (Å²) in [6, 6.07) is 0.407. The molecule has 1 aliphatic rings. The van der Waals surface area contributed by atoms with Gasteiger partial charge in [0.05, 0.1) is 18.3 Å². The largest absolute Gasteiger partial charge is 0.383 e. The molecule has 1 heterocycles. The van der Waals surface area contributed by atoms with Crippen LogP contribution in [0.2, 0.25) is 0 Å². The smallest absolute Gasteiger partial charge is 0.106 e. The first-order valence-corrected chi connectivity index (χ1v) is 5.79. The van der Waals surface area contributed by atoms with Crippen LogP contribution in [-0.2, 0) is 17.6 Å². The van der Waals surface area contributed by atoms with Gasteiger partial charge in [-0.2, -0.15) is 0 Å². The summed E-state index contributed by atoms with van der Waals surface area (Å²) in [6.07, 6.45) is 4.94. The third kappa shape index (κ3) is 1.93. The highest BCUT2D eigenvalue weighted by Gasteiger charge is 2.20. The number of hydrogen-bond acceptors (Lipinski definition) is 2. The molecule has 0 amide bonds. The Morgan fingerprint density at radius 3 is 2.87 bits per heavy atom. The summed E-state index contributed by atoms with van der Waals surface area (Å²) < 4.78 is 7.58. The van der Waals surface area contributed by atoms with Gasteiger partial charge in [-0.1, -0.05) is 0 Å². The van der Waals surface area contributed by atoms with E-state index in [-0.39, 0.29) is 0 Å². The lowest BCUT2D eigenvalue weighted by molar-refractivity contribution is 0.160. The van der Waals surface area contributed by atoms with Crippen LogP contribution in [0.25, 0.3) is 0 Å². The van der Waals surface area contributed by atoms with Crippen LogP contribution in [0, 0.1) is 6.92 Å². The predicted molar refractivity (Wildman–Crippen MR) is 60.2 cm³/mol. The number of ether oxygens (including phenoxy) is 1. The van der Waals surface area contributed by atoms with E-state index in [2.05, 4.69) is 23.4 Å². The second-order valence-corrected chi connectivity index (χ2v) is 4.43. The summed E-state index contributed by atoms with van der Waals surface area (Å²) in [7, 11) is 1.76. The number of imidazole rings is 1. The van der Waals surface area contributed by atoms with Crippen LogP contribution in [-0.4, -0.2) is 23.3 Å². The molecule has 1 aromatic rings. The number of rotatable bonds is 3. The zero-order valence-corrected chi connectivity index (χ0v) is 9.92. The van der Waals surface area contributed by atoms with Crippen molar-refractivity contribution in [3.63, 3.8) is 0 Å². The fourth-order valence-electron chi connectivity index (χ4n) is 2.60. The van der Waals surface area contributed by atoms with Crippen molar-refractivity contribution in [2.24, 2.45) is 0 Å². The number of aryl methyl sites for hydroxylation is 2. The van der Waals surface area contributed by atoms with Crippen LogP contribution in [0.3, 0.4) is 0 Å². The molecule has 1 unspecified atom stereocenters. The van der Waals surface area contributed by atoms with E-state index in [1.165, 1.54) is 30.7 Å². The average Bonchev–Trinajstić information content (AvgIpc) is 2.54. The van der Waals surface area contributed by atoms with E-state index in [9.17, 15) is 0 Å².